The Morgan fingerprint density at radius 1 is 1.60 bits per heavy atom. The second-order valence-electron chi connectivity index (χ2n) is 4.59. The number of carbonyl (C=O) groups is 2. The zero-order valence-corrected chi connectivity index (χ0v) is 11.2. The van der Waals surface area contributed by atoms with E-state index in [1.165, 1.54) is 6.08 Å². The Labute approximate surface area is 116 Å². The number of carboxylic acid groups (broad SMARTS) is 1. The second kappa shape index (κ2) is 6.33. The Morgan fingerprint density at radius 2 is 2.40 bits per heavy atom. The predicted molar refractivity (Wildman–Crippen MR) is 70.8 cm³/mol. The van der Waals surface area contributed by atoms with Crippen LogP contribution in [0.25, 0.3) is 6.08 Å². The van der Waals surface area contributed by atoms with Crippen LogP contribution in [0, 0.1) is 0 Å². The third kappa shape index (κ3) is 3.67. The monoisotopic (exact) mass is 279 g/mol. The molecule has 0 radical (unpaired) electrons. The van der Waals surface area contributed by atoms with E-state index in [2.05, 4.69) is 5.10 Å². The van der Waals surface area contributed by atoms with Crippen molar-refractivity contribution >= 4 is 18.0 Å². The SMILES string of the molecule is Cn1nccc1/C=C/C(=O)N1CCOC(CC(=O)O)C1. The summed E-state index contributed by atoms with van der Waals surface area (Å²) in [5.74, 6) is -1.07. The molecular formula is C13H17N3O4. The third-order valence-electron chi connectivity index (χ3n) is 3.11. The van der Waals surface area contributed by atoms with Crippen molar-refractivity contribution in [2.45, 2.75) is 12.5 Å². The molecule has 1 atom stereocenters. The zero-order chi connectivity index (χ0) is 14.5. The fourth-order valence-corrected chi connectivity index (χ4v) is 2.05. The topological polar surface area (TPSA) is 84.7 Å². The number of hydrogen-bond donors (Lipinski definition) is 1. The minimum Gasteiger partial charge on any atom is -0.481 e. The van der Waals surface area contributed by atoms with Gasteiger partial charge in [-0.2, -0.15) is 5.10 Å². The summed E-state index contributed by atoms with van der Waals surface area (Å²) in [6.07, 6.45) is 4.30. The summed E-state index contributed by atoms with van der Waals surface area (Å²) in [4.78, 5) is 24.3. The molecule has 2 rings (SSSR count). The number of aliphatic carboxylic acids is 1. The summed E-state index contributed by atoms with van der Waals surface area (Å²) >= 11 is 0. The van der Waals surface area contributed by atoms with Gasteiger partial charge in [-0.15, -0.1) is 0 Å². The van der Waals surface area contributed by atoms with Gasteiger partial charge in [0.2, 0.25) is 5.91 Å². The van der Waals surface area contributed by atoms with Crippen molar-refractivity contribution in [1.29, 1.82) is 0 Å². The molecule has 2 heterocycles. The molecule has 1 aromatic rings. The molecule has 0 aliphatic carbocycles. The van der Waals surface area contributed by atoms with Crippen LogP contribution in [0.5, 0.6) is 0 Å². The first-order valence-corrected chi connectivity index (χ1v) is 6.34. The first-order chi connectivity index (χ1) is 9.56. The number of morpholine rings is 1. The highest BCUT2D eigenvalue weighted by molar-refractivity contribution is 5.91. The number of ether oxygens (including phenoxy) is 1. The second-order valence-corrected chi connectivity index (χ2v) is 4.59. The average molecular weight is 279 g/mol. The van der Waals surface area contributed by atoms with Gasteiger partial charge in [0.15, 0.2) is 0 Å². The van der Waals surface area contributed by atoms with E-state index in [0.717, 1.165) is 5.69 Å². The van der Waals surface area contributed by atoms with Crippen LogP contribution >= 0.6 is 0 Å². The Kier molecular flexibility index (Phi) is 4.52. The lowest BCUT2D eigenvalue weighted by Crippen LogP contribution is -2.45. The molecule has 1 aromatic heterocycles. The lowest BCUT2D eigenvalue weighted by Gasteiger charge is -2.31. The van der Waals surface area contributed by atoms with Gasteiger partial charge >= 0.3 is 5.97 Å². The first kappa shape index (κ1) is 14.3. The lowest BCUT2D eigenvalue weighted by atomic mass is 10.2. The number of aromatic nitrogens is 2. The molecule has 1 fully saturated rings. The van der Waals surface area contributed by atoms with Crippen LogP contribution in [0.15, 0.2) is 18.3 Å². The van der Waals surface area contributed by atoms with Gasteiger partial charge in [0.05, 0.1) is 24.8 Å². The number of hydrogen-bond acceptors (Lipinski definition) is 4. The molecule has 1 unspecified atom stereocenters. The van der Waals surface area contributed by atoms with Gasteiger partial charge in [-0.05, 0) is 12.1 Å². The molecule has 20 heavy (non-hydrogen) atoms. The lowest BCUT2D eigenvalue weighted by molar-refractivity contribution is -0.145. The smallest absolute Gasteiger partial charge is 0.306 e. The molecule has 108 valence electrons. The van der Waals surface area contributed by atoms with Crippen LogP contribution in [0.1, 0.15) is 12.1 Å². The van der Waals surface area contributed by atoms with Gasteiger partial charge in [-0.1, -0.05) is 0 Å². The van der Waals surface area contributed by atoms with E-state index >= 15 is 0 Å². The van der Waals surface area contributed by atoms with Gasteiger partial charge in [0.25, 0.3) is 0 Å². The van der Waals surface area contributed by atoms with Crippen molar-refractivity contribution in [3.8, 4) is 0 Å². The van der Waals surface area contributed by atoms with Gasteiger partial charge < -0.3 is 14.7 Å². The summed E-state index contributed by atoms with van der Waals surface area (Å²) in [6, 6.07) is 1.80. The number of carbonyl (C=O) groups excluding carboxylic acids is 1. The maximum Gasteiger partial charge on any atom is 0.306 e. The van der Waals surface area contributed by atoms with Crippen molar-refractivity contribution < 1.29 is 19.4 Å². The van der Waals surface area contributed by atoms with Crippen molar-refractivity contribution in [1.82, 2.24) is 14.7 Å². The van der Waals surface area contributed by atoms with Crippen LogP contribution in [-0.4, -0.2) is 57.5 Å². The van der Waals surface area contributed by atoms with Crippen LogP contribution in [-0.2, 0) is 21.4 Å². The normalized spacial score (nSPS) is 19.4. The summed E-state index contributed by atoms with van der Waals surface area (Å²) in [7, 11) is 1.79. The Morgan fingerprint density at radius 3 is 3.05 bits per heavy atom. The Balaban J connectivity index is 1.93. The maximum absolute atomic E-state index is 12.0. The minimum atomic E-state index is -0.922. The largest absolute Gasteiger partial charge is 0.481 e. The number of aryl methyl sites for hydroxylation is 1. The molecular weight excluding hydrogens is 262 g/mol. The quantitative estimate of drug-likeness (QED) is 0.792. The summed E-state index contributed by atoms with van der Waals surface area (Å²) < 4.78 is 6.99. The van der Waals surface area contributed by atoms with Gasteiger partial charge in [0, 0.05) is 32.4 Å². The van der Waals surface area contributed by atoms with Crippen LogP contribution in [0.2, 0.25) is 0 Å². The van der Waals surface area contributed by atoms with Gasteiger partial charge in [-0.3, -0.25) is 14.3 Å². The highest BCUT2D eigenvalue weighted by Crippen LogP contribution is 2.10. The summed E-state index contributed by atoms with van der Waals surface area (Å²) in [6.45, 7) is 1.15. The van der Waals surface area contributed by atoms with E-state index in [1.807, 2.05) is 0 Å². The summed E-state index contributed by atoms with van der Waals surface area (Å²) in [5.41, 5.74) is 0.827. The van der Waals surface area contributed by atoms with E-state index in [-0.39, 0.29) is 12.3 Å². The van der Waals surface area contributed by atoms with Gasteiger partial charge in [-0.25, -0.2) is 0 Å². The van der Waals surface area contributed by atoms with E-state index in [0.29, 0.717) is 19.7 Å². The molecule has 0 aromatic carbocycles. The number of nitrogens with zero attached hydrogens (tertiary/aromatic N) is 3. The van der Waals surface area contributed by atoms with E-state index in [9.17, 15) is 9.59 Å². The molecule has 1 aliphatic rings. The molecule has 1 N–H and O–H groups in total. The fraction of sp³-hybridized carbons (Fsp3) is 0.462. The standard InChI is InChI=1S/C13H17N3O4/c1-15-10(4-5-14-15)2-3-12(17)16-6-7-20-11(9-16)8-13(18)19/h2-5,11H,6-9H2,1H3,(H,18,19)/b3-2+. The highest BCUT2D eigenvalue weighted by atomic mass is 16.5. The third-order valence-corrected chi connectivity index (χ3v) is 3.11. The minimum absolute atomic E-state index is 0.0881. The van der Waals surface area contributed by atoms with Crippen molar-refractivity contribution in [2.24, 2.45) is 7.05 Å². The number of rotatable bonds is 4. The molecule has 0 spiro atoms. The zero-order valence-electron chi connectivity index (χ0n) is 11.2. The Bertz CT molecular complexity index is 523. The van der Waals surface area contributed by atoms with Crippen LogP contribution in [0.4, 0.5) is 0 Å². The van der Waals surface area contributed by atoms with E-state index in [4.69, 9.17) is 9.84 Å². The number of carboxylic acids is 1. The predicted octanol–water partition coefficient (Wildman–Crippen LogP) is 0.135. The van der Waals surface area contributed by atoms with E-state index < -0.39 is 12.1 Å². The van der Waals surface area contributed by atoms with Crippen molar-refractivity contribution in [3.63, 3.8) is 0 Å². The molecule has 7 nitrogen and oxygen atoms in total. The van der Waals surface area contributed by atoms with E-state index in [1.54, 1.807) is 35.0 Å². The van der Waals surface area contributed by atoms with Crippen LogP contribution in [0.3, 0.4) is 0 Å². The molecule has 1 amide bonds. The molecule has 0 saturated carbocycles. The highest BCUT2D eigenvalue weighted by Gasteiger charge is 2.24. The molecule has 1 saturated heterocycles. The summed E-state index contributed by atoms with van der Waals surface area (Å²) in [5, 5.41) is 12.7. The molecule has 7 heteroatoms. The van der Waals surface area contributed by atoms with Crippen molar-refractivity contribution in [3.05, 3.63) is 24.0 Å². The number of amides is 1. The molecule has 1 aliphatic heterocycles. The van der Waals surface area contributed by atoms with Crippen molar-refractivity contribution in [2.75, 3.05) is 19.7 Å². The maximum atomic E-state index is 12.0. The molecule has 0 bridgehead atoms. The first-order valence-electron chi connectivity index (χ1n) is 6.34. The van der Waals surface area contributed by atoms with Gasteiger partial charge in [0.1, 0.15) is 0 Å². The average Bonchev–Trinajstić information content (AvgIpc) is 2.81. The fourth-order valence-electron chi connectivity index (χ4n) is 2.05. The van der Waals surface area contributed by atoms with Crippen LogP contribution < -0.4 is 0 Å². The Hall–Kier alpha value is -2.15.